The number of carbonyl (C=O) groups is 2. The number of carbonyl (C=O) groups excluding carboxylic acids is 2. The van der Waals surface area contributed by atoms with Gasteiger partial charge in [-0.3, -0.25) is 14.2 Å². The number of hydrogen-bond acceptors (Lipinski definition) is 8. The molecule has 0 spiro atoms. The first-order valence-electron chi connectivity index (χ1n) is 11.9. The number of benzene rings is 2. The highest BCUT2D eigenvalue weighted by molar-refractivity contribution is 7.99. The second kappa shape index (κ2) is 11.9. The van der Waals surface area contributed by atoms with Crippen LogP contribution in [-0.2, 0) is 14.3 Å². The Morgan fingerprint density at radius 2 is 1.83 bits per heavy atom. The van der Waals surface area contributed by atoms with E-state index in [2.05, 4.69) is 10.2 Å². The van der Waals surface area contributed by atoms with Crippen LogP contribution in [0.4, 0.5) is 0 Å². The van der Waals surface area contributed by atoms with Crippen molar-refractivity contribution in [2.75, 3.05) is 39.7 Å². The van der Waals surface area contributed by atoms with Crippen LogP contribution in [0, 0.1) is 5.92 Å². The van der Waals surface area contributed by atoms with Crippen molar-refractivity contribution in [2.45, 2.75) is 24.9 Å². The summed E-state index contributed by atoms with van der Waals surface area (Å²) in [5.74, 6) is 1.72. The van der Waals surface area contributed by atoms with E-state index in [1.165, 1.54) is 11.8 Å². The van der Waals surface area contributed by atoms with Gasteiger partial charge in [-0.25, -0.2) is 0 Å². The number of amides is 1. The third-order valence-electron chi connectivity index (χ3n) is 6.01. The molecule has 0 bridgehead atoms. The molecule has 1 amide bonds. The van der Waals surface area contributed by atoms with E-state index in [1.807, 2.05) is 53.1 Å². The summed E-state index contributed by atoms with van der Waals surface area (Å²) >= 11 is 1.32. The molecule has 0 saturated carbocycles. The second-order valence-corrected chi connectivity index (χ2v) is 9.23. The summed E-state index contributed by atoms with van der Waals surface area (Å²) in [7, 11) is 3.24. The van der Waals surface area contributed by atoms with Gasteiger partial charge in [-0.15, -0.1) is 10.2 Å². The SMILES string of the molecule is CCOC(=O)C1CCCN(C(=O)CSc2nnc(-c3cccc(OC)c3)n2-c2ccc(OC)cc2)C1. The molecular formula is C26H30N4O5S. The van der Waals surface area contributed by atoms with Crippen LogP contribution in [0.15, 0.2) is 53.7 Å². The number of esters is 1. The van der Waals surface area contributed by atoms with Crippen molar-refractivity contribution >= 4 is 23.6 Å². The van der Waals surface area contributed by atoms with Crippen molar-refractivity contribution in [1.29, 1.82) is 0 Å². The maximum absolute atomic E-state index is 13.1. The summed E-state index contributed by atoms with van der Waals surface area (Å²) in [6.07, 6.45) is 1.52. The zero-order valence-corrected chi connectivity index (χ0v) is 21.5. The van der Waals surface area contributed by atoms with Gasteiger partial charge in [0.1, 0.15) is 11.5 Å². The van der Waals surface area contributed by atoms with Crippen LogP contribution >= 0.6 is 11.8 Å². The molecule has 2 heterocycles. The zero-order chi connectivity index (χ0) is 25.5. The minimum atomic E-state index is -0.268. The number of ether oxygens (including phenoxy) is 3. The van der Waals surface area contributed by atoms with E-state index >= 15 is 0 Å². The molecule has 1 atom stereocenters. The fraction of sp³-hybridized carbons (Fsp3) is 0.385. The summed E-state index contributed by atoms with van der Waals surface area (Å²) in [5.41, 5.74) is 1.68. The van der Waals surface area contributed by atoms with Gasteiger partial charge in [0, 0.05) is 24.3 Å². The molecule has 10 heteroatoms. The fourth-order valence-corrected chi connectivity index (χ4v) is 5.01. The van der Waals surface area contributed by atoms with E-state index in [1.54, 1.807) is 26.0 Å². The lowest BCUT2D eigenvalue weighted by Gasteiger charge is -2.31. The van der Waals surface area contributed by atoms with Gasteiger partial charge in [0.2, 0.25) is 5.91 Å². The van der Waals surface area contributed by atoms with Crippen LogP contribution in [-0.4, -0.2) is 71.2 Å². The van der Waals surface area contributed by atoms with E-state index < -0.39 is 0 Å². The predicted molar refractivity (Wildman–Crippen MR) is 137 cm³/mol. The Balaban J connectivity index is 1.56. The summed E-state index contributed by atoms with van der Waals surface area (Å²) in [4.78, 5) is 27.0. The average Bonchev–Trinajstić information content (AvgIpc) is 3.36. The van der Waals surface area contributed by atoms with E-state index in [9.17, 15) is 9.59 Å². The number of aromatic nitrogens is 3. The highest BCUT2D eigenvalue weighted by Gasteiger charge is 2.29. The van der Waals surface area contributed by atoms with Gasteiger partial charge in [-0.05, 0) is 56.2 Å². The molecular weight excluding hydrogens is 480 g/mol. The number of methoxy groups -OCH3 is 2. The third-order valence-corrected chi connectivity index (χ3v) is 6.92. The van der Waals surface area contributed by atoms with Crippen LogP contribution < -0.4 is 9.47 Å². The Bertz CT molecular complexity index is 1200. The second-order valence-electron chi connectivity index (χ2n) is 8.29. The van der Waals surface area contributed by atoms with Crippen molar-refractivity contribution in [3.63, 3.8) is 0 Å². The van der Waals surface area contributed by atoms with Crippen molar-refractivity contribution < 1.29 is 23.8 Å². The number of nitrogens with zero attached hydrogens (tertiary/aromatic N) is 4. The number of likely N-dealkylation sites (tertiary alicyclic amines) is 1. The smallest absolute Gasteiger partial charge is 0.310 e. The molecule has 0 radical (unpaired) electrons. The lowest BCUT2D eigenvalue weighted by atomic mass is 9.98. The topological polar surface area (TPSA) is 95.8 Å². The molecule has 0 aliphatic carbocycles. The minimum absolute atomic E-state index is 0.0405. The maximum atomic E-state index is 13.1. The summed E-state index contributed by atoms with van der Waals surface area (Å²) < 4.78 is 17.8. The first kappa shape index (κ1) is 25.6. The van der Waals surface area contributed by atoms with E-state index in [4.69, 9.17) is 14.2 Å². The van der Waals surface area contributed by atoms with Crippen molar-refractivity contribution in [3.8, 4) is 28.6 Å². The molecule has 0 N–H and O–H groups in total. The first-order chi connectivity index (χ1) is 17.5. The molecule has 3 aromatic rings. The quantitative estimate of drug-likeness (QED) is 0.317. The molecule has 9 nitrogen and oxygen atoms in total. The van der Waals surface area contributed by atoms with Crippen LogP contribution in [0.25, 0.3) is 17.1 Å². The van der Waals surface area contributed by atoms with Crippen LogP contribution in [0.2, 0.25) is 0 Å². The monoisotopic (exact) mass is 510 g/mol. The van der Waals surface area contributed by atoms with Crippen LogP contribution in [0.1, 0.15) is 19.8 Å². The van der Waals surface area contributed by atoms with Gasteiger partial charge in [-0.1, -0.05) is 23.9 Å². The Morgan fingerprint density at radius 3 is 2.56 bits per heavy atom. The van der Waals surface area contributed by atoms with E-state index in [-0.39, 0.29) is 23.5 Å². The molecule has 1 fully saturated rings. The standard InChI is InChI=1S/C26H30N4O5S/c1-4-35-25(32)19-8-6-14-29(16-19)23(31)17-36-26-28-27-24(18-7-5-9-22(15-18)34-3)30(26)20-10-12-21(33-2)13-11-20/h5,7,9-13,15,19H,4,6,8,14,16-17H2,1-3H3. The van der Waals surface area contributed by atoms with Gasteiger partial charge >= 0.3 is 5.97 Å². The predicted octanol–water partition coefficient (Wildman–Crippen LogP) is 3.85. The van der Waals surface area contributed by atoms with E-state index in [0.717, 1.165) is 29.8 Å². The number of piperidine rings is 1. The summed E-state index contributed by atoms with van der Waals surface area (Å²) in [5, 5.41) is 9.45. The molecule has 1 aliphatic rings. The van der Waals surface area contributed by atoms with Crippen LogP contribution in [0.3, 0.4) is 0 Å². The van der Waals surface area contributed by atoms with Crippen molar-refractivity contribution in [2.24, 2.45) is 5.92 Å². The number of rotatable bonds is 9. The third kappa shape index (κ3) is 5.81. The van der Waals surface area contributed by atoms with Crippen molar-refractivity contribution in [3.05, 3.63) is 48.5 Å². The number of thioether (sulfide) groups is 1. The molecule has 1 aliphatic heterocycles. The molecule has 36 heavy (non-hydrogen) atoms. The Morgan fingerprint density at radius 1 is 1.06 bits per heavy atom. The summed E-state index contributed by atoms with van der Waals surface area (Å²) in [6, 6.07) is 15.2. The zero-order valence-electron chi connectivity index (χ0n) is 20.7. The van der Waals surface area contributed by atoms with Gasteiger partial charge < -0.3 is 19.1 Å². The molecule has 1 aromatic heterocycles. The van der Waals surface area contributed by atoms with Gasteiger partial charge in [0.15, 0.2) is 11.0 Å². The van der Waals surface area contributed by atoms with Crippen LogP contribution in [0.5, 0.6) is 11.5 Å². The van der Waals surface area contributed by atoms with Gasteiger partial charge in [0.05, 0.1) is 32.5 Å². The molecule has 2 aromatic carbocycles. The molecule has 190 valence electrons. The highest BCUT2D eigenvalue weighted by Crippen LogP contribution is 2.31. The lowest BCUT2D eigenvalue weighted by Crippen LogP contribution is -2.43. The van der Waals surface area contributed by atoms with Crippen molar-refractivity contribution in [1.82, 2.24) is 19.7 Å². The molecule has 4 rings (SSSR count). The fourth-order valence-electron chi connectivity index (χ4n) is 4.15. The molecule has 1 unspecified atom stereocenters. The molecule has 1 saturated heterocycles. The Labute approximate surface area is 214 Å². The average molecular weight is 511 g/mol. The Kier molecular flexibility index (Phi) is 8.48. The summed E-state index contributed by atoms with van der Waals surface area (Å²) in [6.45, 7) is 3.16. The largest absolute Gasteiger partial charge is 0.497 e. The van der Waals surface area contributed by atoms with Gasteiger partial charge in [0.25, 0.3) is 0 Å². The maximum Gasteiger partial charge on any atom is 0.310 e. The first-order valence-corrected chi connectivity index (χ1v) is 12.8. The van der Waals surface area contributed by atoms with Gasteiger partial charge in [-0.2, -0.15) is 0 Å². The Hall–Kier alpha value is -3.53. The normalized spacial score (nSPS) is 15.4. The lowest BCUT2D eigenvalue weighted by molar-refractivity contribution is -0.151. The highest BCUT2D eigenvalue weighted by atomic mass is 32.2. The van der Waals surface area contributed by atoms with E-state index in [0.29, 0.717) is 36.4 Å². The number of hydrogen-bond donors (Lipinski definition) is 0. The minimum Gasteiger partial charge on any atom is -0.497 e.